The van der Waals surface area contributed by atoms with Gasteiger partial charge in [0.05, 0.1) is 5.39 Å². The molecule has 2 heterocycles. The normalized spacial score (nSPS) is 11.5. The van der Waals surface area contributed by atoms with E-state index in [1.807, 2.05) is 0 Å². The van der Waals surface area contributed by atoms with Crippen molar-refractivity contribution in [1.29, 1.82) is 0 Å². The number of hydrogen-bond acceptors (Lipinski definition) is 6. The minimum atomic E-state index is -1.73. The van der Waals surface area contributed by atoms with Crippen molar-refractivity contribution >= 4 is 35.7 Å². The van der Waals surface area contributed by atoms with Crippen molar-refractivity contribution in [2.24, 2.45) is 0 Å². The van der Waals surface area contributed by atoms with Gasteiger partial charge in [0.25, 0.3) is 0 Å². The number of furan rings is 1. The molecule has 0 atom stereocenters. The molecule has 0 saturated heterocycles. The number of hydrogen-bond donors (Lipinski definition) is 2. The van der Waals surface area contributed by atoms with Gasteiger partial charge in [-0.05, 0) is 39.8 Å². The molecule has 2 aromatic rings. The molecular formula is C14H19BN2O5. The van der Waals surface area contributed by atoms with Gasteiger partial charge in [0.2, 0.25) is 0 Å². The summed E-state index contributed by atoms with van der Waals surface area (Å²) in [6.45, 7) is 7.50. The number of pyridine rings is 1. The molecule has 0 bridgehead atoms. The first kappa shape index (κ1) is 16.3. The van der Waals surface area contributed by atoms with Gasteiger partial charge in [-0.1, -0.05) is 0 Å². The minimum absolute atomic E-state index is 0.00973. The highest BCUT2D eigenvalue weighted by Gasteiger charge is 2.26. The predicted molar refractivity (Wildman–Crippen MR) is 83.1 cm³/mol. The van der Waals surface area contributed by atoms with Gasteiger partial charge in [0.1, 0.15) is 22.7 Å². The van der Waals surface area contributed by atoms with Crippen LogP contribution in [0.15, 0.2) is 22.7 Å². The molecule has 0 aliphatic heterocycles. The van der Waals surface area contributed by atoms with E-state index in [0.717, 1.165) is 0 Å². The van der Waals surface area contributed by atoms with Crippen molar-refractivity contribution in [2.75, 3.05) is 11.4 Å². The zero-order valence-corrected chi connectivity index (χ0v) is 13.0. The molecule has 0 fully saturated rings. The molecule has 0 aliphatic carbocycles. The molecule has 1 amide bonds. The fraction of sp³-hybridized carbons (Fsp3) is 0.429. The van der Waals surface area contributed by atoms with E-state index in [1.54, 1.807) is 33.8 Å². The lowest BCUT2D eigenvalue weighted by Gasteiger charge is -2.26. The molecule has 0 aliphatic rings. The first-order valence-electron chi connectivity index (χ1n) is 6.98. The summed E-state index contributed by atoms with van der Waals surface area (Å²) < 4.78 is 10.7. The van der Waals surface area contributed by atoms with Crippen LogP contribution in [0.1, 0.15) is 27.7 Å². The number of aromatic nitrogens is 1. The van der Waals surface area contributed by atoms with Crippen LogP contribution in [-0.2, 0) is 4.74 Å². The maximum atomic E-state index is 12.3. The lowest BCUT2D eigenvalue weighted by molar-refractivity contribution is 0.0581. The highest BCUT2D eigenvalue weighted by molar-refractivity contribution is 6.57. The molecule has 7 nitrogen and oxygen atoms in total. The molecule has 0 saturated carbocycles. The van der Waals surface area contributed by atoms with Crippen molar-refractivity contribution in [3.63, 3.8) is 0 Å². The summed E-state index contributed by atoms with van der Waals surface area (Å²) in [6, 6.07) is 3.04. The Morgan fingerprint density at radius 3 is 2.68 bits per heavy atom. The van der Waals surface area contributed by atoms with E-state index >= 15 is 0 Å². The molecule has 2 rings (SSSR count). The highest BCUT2D eigenvalue weighted by atomic mass is 16.6. The fourth-order valence-electron chi connectivity index (χ4n) is 1.99. The molecule has 8 heteroatoms. The Kier molecular flexibility index (Phi) is 4.43. The van der Waals surface area contributed by atoms with E-state index in [0.29, 0.717) is 23.3 Å². The zero-order chi connectivity index (χ0) is 16.5. The van der Waals surface area contributed by atoms with Crippen LogP contribution < -0.4 is 10.6 Å². The monoisotopic (exact) mass is 306 g/mol. The maximum absolute atomic E-state index is 12.3. The summed E-state index contributed by atoms with van der Waals surface area (Å²) in [5.74, 6) is 0.352. The quantitative estimate of drug-likeness (QED) is 0.829. The van der Waals surface area contributed by atoms with E-state index in [9.17, 15) is 14.8 Å². The molecular weight excluding hydrogens is 287 g/mol. The van der Waals surface area contributed by atoms with Crippen LogP contribution in [0.25, 0.3) is 11.0 Å². The van der Waals surface area contributed by atoms with Crippen LogP contribution in [0.3, 0.4) is 0 Å². The second-order valence-electron chi connectivity index (χ2n) is 5.79. The van der Waals surface area contributed by atoms with Crippen molar-refractivity contribution < 1.29 is 24.0 Å². The number of rotatable bonds is 3. The van der Waals surface area contributed by atoms with Crippen LogP contribution in [0.5, 0.6) is 0 Å². The average Bonchev–Trinajstić information content (AvgIpc) is 2.82. The Balaban J connectivity index is 2.45. The van der Waals surface area contributed by atoms with E-state index in [1.165, 1.54) is 17.2 Å². The summed E-state index contributed by atoms with van der Waals surface area (Å²) in [4.78, 5) is 17.9. The zero-order valence-electron chi connectivity index (χ0n) is 13.0. The van der Waals surface area contributed by atoms with E-state index in [-0.39, 0.29) is 5.66 Å². The van der Waals surface area contributed by atoms with Gasteiger partial charge in [0.15, 0.2) is 0 Å². The van der Waals surface area contributed by atoms with E-state index < -0.39 is 18.8 Å². The number of anilines is 1. The smallest absolute Gasteiger partial charge is 0.464 e. The van der Waals surface area contributed by atoms with Gasteiger partial charge in [-0.15, -0.1) is 0 Å². The van der Waals surface area contributed by atoms with Crippen molar-refractivity contribution in [3.8, 4) is 0 Å². The van der Waals surface area contributed by atoms with Crippen molar-refractivity contribution in [2.45, 2.75) is 33.3 Å². The predicted octanol–water partition coefficient (Wildman–Crippen LogP) is 1.27. The Bertz CT molecular complexity index is 677. The van der Waals surface area contributed by atoms with Gasteiger partial charge in [-0.3, -0.25) is 4.90 Å². The third-order valence-electron chi connectivity index (χ3n) is 2.88. The van der Waals surface area contributed by atoms with Crippen molar-refractivity contribution in [1.82, 2.24) is 4.98 Å². The molecule has 22 heavy (non-hydrogen) atoms. The maximum Gasteiger partial charge on any atom is 0.526 e. The van der Waals surface area contributed by atoms with E-state index in [4.69, 9.17) is 9.15 Å². The molecule has 2 aromatic heterocycles. The third-order valence-corrected chi connectivity index (χ3v) is 2.88. The van der Waals surface area contributed by atoms with Gasteiger partial charge in [-0.25, -0.2) is 9.78 Å². The first-order chi connectivity index (χ1) is 10.2. The molecule has 0 aromatic carbocycles. The van der Waals surface area contributed by atoms with Gasteiger partial charge < -0.3 is 19.2 Å². The molecule has 2 N–H and O–H groups in total. The molecule has 0 radical (unpaired) electrons. The van der Waals surface area contributed by atoms with Crippen LogP contribution >= 0.6 is 0 Å². The SMILES string of the molecule is CCN(C(=O)OC(C)(C)C)c1nccc2oc(B(O)O)cc12. The second-order valence-corrected chi connectivity index (χ2v) is 5.79. The summed E-state index contributed by atoms with van der Waals surface area (Å²) in [7, 11) is -1.73. The minimum Gasteiger partial charge on any atom is -0.464 e. The van der Waals surface area contributed by atoms with Crippen LogP contribution in [0.2, 0.25) is 0 Å². The molecule has 0 unspecified atom stereocenters. The average molecular weight is 306 g/mol. The van der Waals surface area contributed by atoms with E-state index in [2.05, 4.69) is 4.98 Å². The van der Waals surface area contributed by atoms with Gasteiger partial charge in [-0.2, -0.15) is 0 Å². The number of fused-ring (bicyclic) bond motifs is 1. The Labute approximate surface area is 128 Å². The van der Waals surface area contributed by atoms with Crippen LogP contribution in [0, 0.1) is 0 Å². The lowest BCUT2D eigenvalue weighted by atomic mass is 9.88. The summed E-state index contributed by atoms with van der Waals surface area (Å²) in [5, 5.41) is 18.9. The van der Waals surface area contributed by atoms with Crippen LogP contribution in [0.4, 0.5) is 10.6 Å². The number of carbonyl (C=O) groups excluding carboxylic acids is 1. The molecule has 118 valence electrons. The Morgan fingerprint density at radius 1 is 1.45 bits per heavy atom. The second kappa shape index (κ2) is 5.98. The Morgan fingerprint density at radius 2 is 2.14 bits per heavy atom. The summed E-state index contributed by atoms with van der Waals surface area (Å²) >= 11 is 0. The van der Waals surface area contributed by atoms with Crippen molar-refractivity contribution in [3.05, 3.63) is 18.3 Å². The van der Waals surface area contributed by atoms with Gasteiger partial charge in [0, 0.05) is 12.7 Å². The third kappa shape index (κ3) is 3.40. The number of amides is 1. The first-order valence-corrected chi connectivity index (χ1v) is 6.98. The largest absolute Gasteiger partial charge is 0.526 e. The fourth-order valence-corrected chi connectivity index (χ4v) is 1.99. The lowest BCUT2D eigenvalue weighted by Crippen LogP contribution is -2.37. The van der Waals surface area contributed by atoms with Crippen LogP contribution in [-0.4, -0.2) is 40.4 Å². The summed E-state index contributed by atoms with van der Waals surface area (Å²) in [5.41, 5.74) is -0.221. The standard InChI is InChI=1S/C14H19BN2O5/c1-5-17(13(18)22-14(2,3)4)12-9-8-11(15(19)20)21-10(9)6-7-16-12/h6-8,19-20H,5H2,1-4H3. The Hall–Kier alpha value is -2.06. The summed E-state index contributed by atoms with van der Waals surface area (Å²) in [6.07, 6.45) is 0.962. The highest BCUT2D eigenvalue weighted by Crippen LogP contribution is 2.26. The number of nitrogens with zero attached hydrogens (tertiary/aromatic N) is 2. The van der Waals surface area contributed by atoms with Gasteiger partial charge >= 0.3 is 13.2 Å². The number of ether oxygens (including phenoxy) is 1. The molecule has 0 spiro atoms. The number of carbonyl (C=O) groups is 1. The topological polar surface area (TPSA) is 96.0 Å².